The monoisotopic (exact) mass is 363 g/mol. The van der Waals surface area contributed by atoms with Crippen LogP contribution in [0.1, 0.15) is 32.1 Å². The summed E-state index contributed by atoms with van der Waals surface area (Å²) in [5, 5.41) is 5.40. The summed E-state index contributed by atoms with van der Waals surface area (Å²) in [4.78, 5) is 28.7. The molecular formula is C21H18FN3O2. The Morgan fingerprint density at radius 1 is 0.889 bits per heavy atom. The van der Waals surface area contributed by atoms with Gasteiger partial charge in [0.05, 0.1) is 0 Å². The van der Waals surface area contributed by atoms with Crippen molar-refractivity contribution >= 4 is 17.5 Å². The molecule has 5 nitrogen and oxygen atoms in total. The van der Waals surface area contributed by atoms with E-state index < -0.39 is 11.7 Å². The molecule has 0 fully saturated rings. The molecule has 1 aromatic heterocycles. The first kappa shape index (κ1) is 18.3. The van der Waals surface area contributed by atoms with Gasteiger partial charge >= 0.3 is 0 Å². The molecule has 2 amide bonds. The van der Waals surface area contributed by atoms with Gasteiger partial charge in [-0.25, -0.2) is 9.37 Å². The van der Waals surface area contributed by atoms with E-state index in [2.05, 4.69) is 15.6 Å². The van der Waals surface area contributed by atoms with E-state index in [1.54, 1.807) is 12.1 Å². The fourth-order valence-electron chi connectivity index (χ4n) is 2.39. The highest BCUT2D eigenvalue weighted by Gasteiger charge is 2.12. The molecule has 0 saturated heterocycles. The normalized spacial score (nSPS) is 10.3. The highest BCUT2D eigenvalue weighted by molar-refractivity contribution is 6.03. The molecule has 0 unspecified atom stereocenters. The molecule has 2 N–H and O–H groups in total. The summed E-state index contributed by atoms with van der Waals surface area (Å²) in [6.45, 7) is 2.36. The lowest BCUT2D eigenvalue weighted by atomic mass is 10.1. The lowest BCUT2D eigenvalue weighted by molar-refractivity contribution is 0.0945. The molecule has 0 spiro atoms. The van der Waals surface area contributed by atoms with E-state index in [1.807, 2.05) is 31.2 Å². The van der Waals surface area contributed by atoms with Crippen molar-refractivity contribution < 1.29 is 14.0 Å². The molecule has 3 rings (SSSR count). The third-order valence-corrected chi connectivity index (χ3v) is 3.89. The molecule has 0 aliphatic carbocycles. The van der Waals surface area contributed by atoms with E-state index in [-0.39, 0.29) is 17.3 Å². The first-order chi connectivity index (χ1) is 13.0. The summed E-state index contributed by atoms with van der Waals surface area (Å²) in [6, 6.07) is 17.9. The Balaban J connectivity index is 1.65. The van der Waals surface area contributed by atoms with Crippen molar-refractivity contribution in [3.8, 4) is 0 Å². The van der Waals surface area contributed by atoms with Gasteiger partial charge in [-0.2, -0.15) is 0 Å². The van der Waals surface area contributed by atoms with Gasteiger partial charge in [0.1, 0.15) is 17.2 Å². The van der Waals surface area contributed by atoms with Crippen molar-refractivity contribution in [3.63, 3.8) is 0 Å². The number of hydrogen-bond acceptors (Lipinski definition) is 3. The lowest BCUT2D eigenvalue weighted by Gasteiger charge is -2.08. The van der Waals surface area contributed by atoms with E-state index in [0.29, 0.717) is 12.2 Å². The number of aromatic nitrogens is 1. The van der Waals surface area contributed by atoms with Crippen LogP contribution in [-0.4, -0.2) is 16.8 Å². The van der Waals surface area contributed by atoms with Crippen LogP contribution in [0.2, 0.25) is 0 Å². The Morgan fingerprint density at radius 2 is 1.52 bits per heavy atom. The molecule has 0 bridgehead atoms. The van der Waals surface area contributed by atoms with Crippen LogP contribution >= 0.6 is 0 Å². The molecule has 0 atom stereocenters. The quantitative estimate of drug-likeness (QED) is 0.726. The zero-order chi connectivity index (χ0) is 19.2. The molecule has 0 radical (unpaired) electrons. The van der Waals surface area contributed by atoms with Gasteiger partial charge in [0.2, 0.25) is 0 Å². The van der Waals surface area contributed by atoms with Crippen molar-refractivity contribution in [2.45, 2.75) is 13.5 Å². The summed E-state index contributed by atoms with van der Waals surface area (Å²) in [5.74, 6) is -1.24. The standard InChI is InChI=1S/C21H18FN3O2/c1-14-5-7-15(8-6-14)13-23-20(26)18-3-2-4-19(25-18)21(27)24-17-11-9-16(22)10-12-17/h2-12H,13H2,1H3,(H,23,26)(H,24,27). The van der Waals surface area contributed by atoms with Crippen LogP contribution in [0.25, 0.3) is 0 Å². The average Bonchev–Trinajstić information content (AvgIpc) is 2.69. The molecule has 0 aliphatic rings. The Bertz CT molecular complexity index is 954. The number of pyridine rings is 1. The molecule has 3 aromatic rings. The van der Waals surface area contributed by atoms with Gasteiger partial charge in [-0.1, -0.05) is 35.9 Å². The molecule has 1 heterocycles. The molecule has 2 aromatic carbocycles. The number of nitrogens with zero attached hydrogens (tertiary/aromatic N) is 1. The topological polar surface area (TPSA) is 71.1 Å². The van der Waals surface area contributed by atoms with Gasteiger partial charge in [-0.05, 0) is 48.9 Å². The second-order valence-corrected chi connectivity index (χ2v) is 6.04. The Labute approximate surface area is 156 Å². The van der Waals surface area contributed by atoms with E-state index in [4.69, 9.17) is 0 Å². The summed E-state index contributed by atoms with van der Waals surface area (Å²) < 4.78 is 12.9. The van der Waals surface area contributed by atoms with E-state index >= 15 is 0 Å². The SMILES string of the molecule is Cc1ccc(CNC(=O)c2cccc(C(=O)Nc3ccc(F)cc3)n2)cc1. The maximum atomic E-state index is 12.9. The second kappa shape index (κ2) is 8.23. The summed E-state index contributed by atoms with van der Waals surface area (Å²) in [6.07, 6.45) is 0. The highest BCUT2D eigenvalue weighted by atomic mass is 19.1. The van der Waals surface area contributed by atoms with Crippen LogP contribution in [0, 0.1) is 12.7 Å². The van der Waals surface area contributed by atoms with Crippen molar-refractivity contribution in [2.24, 2.45) is 0 Å². The molecule has 0 saturated carbocycles. The van der Waals surface area contributed by atoms with E-state index in [1.165, 1.54) is 30.3 Å². The van der Waals surface area contributed by atoms with Crippen molar-refractivity contribution in [1.82, 2.24) is 10.3 Å². The van der Waals surface area contributed by atoms with E-state index in [9.17, 15) is 14.0 Å². The predicted octanol–water partition coefficient (Wildman–Crippen LogP) is 3.71. The number of carbonyl (C=O) groups is 2. The van der Waals surface area contributed by atoms with Gasteiger partial charge in [-0.15, -0.1) is 0 Å². The van der Waals surface area contributed by atoms with Crippen LogP contribution in [0.3, 0.4) is 0 Å². The van der Waals surface area contributed by atoms with Gasteiger partial charge < -0.3 is 10.6 Å². The predicted molar refractivity (Wildman–Crippen MR) is 101 cm³/mol. The van der Waals surface area contributed by atoms with Crippen LogP contribution in [0.15, 0.2) is 66.7 Å². The van der Waals surface area contributed by atoms with Crippen LogP contribution in [0.4, 0.5) is 10.1 Å². The van der Waals surface area contributed by atoms with Gasteiger partial charge in [-0.3, -0.25) is 9.59 Å². The van der Waals surface area contributed by atoms with Crippen molar-refractivity contribution in [2.75, 3.05) is 5.32 Å². The van der Waals surface area contributed by atoms with Gasteiger partial charge in [0, 0.05) is 12.2 Å². The number of hydrogen-bond donors (Lipinski definition) is 2. The van der Waals surface area contributed by atoms with Crippen LogP contribution in [0.5, 0.6) is 0 Å². The average molecular weight is 363 g/mol. The third kappa shape index (κ3) is 4.98. The Kier molecular flexibility index (Phi) is 5.56. The smallest absolute Gasteiger partial charge is 0.274 e. The van der Waals surface area contributed by atoms with E-state index in [0.717, 1.165) is 11.1 Å². The number of amides is 2. The first-order valence-electron chi connectivity index (χ1n) is 8.39. The highest BCUT2D eigenvalue weighted by Crippen LogP contribution is 2.10. The van der Waals surface area contributed by atoms with Crippen LogP contribution < -0.4 is 10.6 Å². The fourth-order valence-corrected chi connectivity index (χ4v) is 2.39. The summed E-state index contributed by atoms with van der Waals surface area (Å²) in [7, 11) is 0. The largest absolute Gasteiger partial charge is 0.347 e. The number of nitrogens with one attached hydrogen (secondary N) is 2. The second-order valence-electron chi connectivity index (χ2n) is 6.04. The Morgan fingerprint density at radius 3 is 2.19 bits per heavy atom. The fraction of sp³-hybridized carbons (Fsp3) is 0.0952. The maximum absolute atomic E-state index is 12.9. The first-order valence-corrected chi connectivity index (χ1v) is 8.39. The minimum absolute atomic E-state index is 0.0994. The molecule has 6 heteroatoms. The molecule has 0 aliphatic heterocycles. The molecule has 27 heavy (non-hydrogen) atoms. The van der Waals surface area contributed by atoms with Crippen molar-refractivity contribution in [3.05, 3.63) is 95.1 Å². The zero-order valence-corrected chi connectivity index (χ0v) is 14.7. The number of halogens is 1. The maximum Gasteiger partial charge on any atom is 0.274 e. The lowest BCUT2D eigenvalue weighted by Crippen LogP contribution is -2.25. The number of rotatable bonds is 5. The number of carbonyl (C=O) groups excluding carboxylic acids is 2. The summed E-state index contributed by atoms with van der Waals surface area (Å²) >= 11 is 0. The molecular weight excluding hydrogens is 345 g/mol. The number of aryl methyl sites for hydroxylation is 1. The summed E-state index contributed by atoms with van der Waals surface area (Å²) in [5.41, 5.74) is 2.80. The van der Waals surface area contributed by atoms with Gasteiger partial charge in [0.25, 0.3) is 11.8 Å². The third-order valence-electron chi connectivity index (χ3n) is 3.89. The van der Waals surface area contributed by atoms with Crippen molar-refractivity contribution in [1.29, 1.82) is 0 Å². The number of benzene rings is 2. The van der Waals surface area contributed by atoms with Crippen LogP contribution in [-0.2, 0) is 6.54 Å². The zero-order valence-electron chi connectivity index (χ0n) is 14.7. The minimum atomic E-state index is -0.477. The van der Waals surface area contributed by atoms with Gasteiger partial charge in [0.15, 0.2) is 0 Å². The Hall–Kier alpha value is -3.54. The minimum Gasteiger partial charge on any atom is -0.347 e. The molecule has 136 valence electrons. The number of anilines is 1.